The van der Waals surface area contributed by atoms with E-state index in [0.29, 0.717) is 41.8 Å². The minimum absolute atomic E-state index is 0.0572. The third kappa shape index (κ3) is 6.58. The van der Waals surface area contributed by atoms with Gasteiger partial charge in [0, 0.05) is 37.0 Å². The van der Waals surface area contributed by atoms with E-state index in [9.17, 15) is 19.2 Å². The second kappa shape index (κ2) is 14.6. The Morgan fingerprint density at radius 2 is 1.38 bits per heavy atom. The number of hydrogen-bond acceptors (Lipinski definition) is 9. The monoisotopic (exact) mass is 761 g/mol. The summed E-state index contributed by atoms with van der Waals surface area (Å²) in [5.74, 6) is 1.31. The lowest BCUT2D eigenvalue weighted by molar-refractivity contribution is -0.138. The number of aromatic amines is 2. The molecule has 0 saturated carbocycles. The van der Waals surface area contributed by atoms with Crippen LogP contribution in [0.2, 0.25) is 0 Å². The number of alkyl carbamates (subject to hydrolysis) is 1. The van der Waals surface area contributed by atoms with Crippen molar-refractivity contribution >= 4 is 67.6 Å². The highest BCUT2D eigenvalue weighted by Gasteiger charge is 2.39. The van der Waals surface area contributed by atoms with Crippen molar-refractivity contribution in [1.29, 1.82) is 0 Å². The van der Waals surface area contributed by atoms with Crippen LogP contribution in [0, 0.1) is 11.8 Å². The Labute approximate surface area is 322 Å². The van der Waals surface area contributed by atoms with Gasteiger partial charge in [0.25, 0.3) is 0 Å². The Morgan fingerprint density at radius 1 is 0.804 bits per heavy atom. The van der Waals surface area contributed by atoms with Gasteiger partial charge in [-0.3, -0.25) is 19.4 Å². The van der Waals surface area contributed by atoms with Crippen LogP contribution in [-0.2, 0) is 19.1 Å². The normalized spacial score (nSPS) is 18.5. The number of ether oxygens (including phenoxy) is 1. The highest BCUT2D eigenvalue weighted by molar-refractivity contribution is 6.05. The third-order valence-electron chi connectivity index (χ3n) is 11.2. The molecule has 4 aromatic heterocycles. The maximum Gasteiger partial charge on any atom is 0.407 e. The molecule has 2 aromatic carbocycles. The van der Waals surface area contributed by atoms with Crippen LogP contribution in [0.5, 0.6) is 0 Å². The molecule has 0 spiro atoms. The van der Waals surface area contributed by atoms with Crippen LogP contribution in [0.1, 0.15) is 84.0 Å². The van der Waals surface area contributed by atoms with Gasteiger partial charge in [-0.25, -0.2) is 14.8 Å². The van der Waals surface area contributed by atoms with Crippen molar-refractivity contribution in [2.45, 2.75) is 84.5 Å². The second-order valence-corrected chi connectivity index (χ2v) is 15.6. The summed E-state index contributed by atoms with van der Waals surface area (Å²) in [7, 11) is 1.29. The fourth-order valence-corrected chi connectivity index (χ4v) is 8.31. The van der Waals surface area contributed by atoms with Gasteiger partial charge in [-0.1, -0.05) is 33.8 Å². The molecule has 15 nitrogen and oxygen atoms in total. The minimum Gasteiger partial charge on any atom is -0.453 e. The lowest BCUT2D eigenvalue weighted by Crippen LogP contribution is -2.51. The van der Waals surface area contributed by atoms with Crippen LogP contribution in [0.4, 0.5) is 4.79 Å². The van der Waals surface area contributed by atoms with Crippen molar-refractivity contribution in [3.63, 3.8) is 0 Å². The van der Waals surface area contributed by atoms with Crippen LogP contribution in [-0.4, -0.2) is 90.8 Å². The van der Waals surface area contributed by atoms with E-state index in [-0.39, 0.29) is 41.6 Å². The average Bonchev–Trinajstić information content (AvgIpc) is 4.02. The molecule has 4 amide bonds. The summed E-state index contributed by atoms with van der Waals surface area (Å²) in [6, 6.07) is 10.0. The van der Waals surface area contributed by atoms with Crippen LogP contribution in [0.25, 0.3) is 55.3 Å². The molecule has 0 bridgehead atoms. The highest BCUT2D eigenvalue weighted by Crippen LogP contribution is 2.38. The van der Waals surface area contributed by atoms with E-state index >= 15 is 0 Å². The molecule has 4 N–H and O–H groups in total. The standard InChI is InChI=1S/C41H47N9O6/c1-20(2)32(43-22(5)51)39(52)49-15-8-10-30(49)38-45-27-14-12-24-18-31(56-36(24)35(27)47-38)28-17-23-11-13-26-34(25(23)19-42-28)46-37(44-26)29-9-7-16-50(29)40(53)33(21(3)4)48-41(54)55-6/h11-14,17-21,29-30,32-33H,7-10,15-16H2,1-6H3,(H,43,51)(H,44,46)(H,45,47)(H,48,54)/t29-,30-,32-,33-/m0/s1. The molecule has 2 aliphatic heterocycles. The Morgan fingerprint density at radius 3 is 1.96 bits per heavy atom. The quantitative estimate of drug-likeness (QED) is 0.132. The topological polar surface area (TPSA) is 191 Å². The Balaban J connectivity index is 1.07. The number of pyridine rings is 1. The van der Waals surface area contributed by atoms with Gasteiger partial charge in [-0.15, -0.1) is 0 Å². The highest BCUT2D eigenvalue weighted by atomic mass is 16.5. The first-order valence-corrected chi connectivity index (χ1v) is 19.3. The summed E-state index contributed by atoms with van der Waals surface area (Å²) in [5.41, 5.74) is 4.40. The number of H-pyrrole nitrogens is 2. The molecule has 0 radical (unpaired) electrons. The predicted octanol–water partition coefficient (Wildman–Crippen LogP) is 6.27. The first-order valence-electron chi connectivity index (χ1n) is 19.3. The number of nitrogens with one attached hydrogen (secondary N) is 4. The van der Waals surface area contributed by atoms with Gasteiger partial charge in [-0.2, -0.15) is 0 Å². The fourth-order valence-electron chi connectivity index (χ4n) is 8.31. The van der Waals surface area contributed by atoms with Gasteiger partial charge in [0.05, 0.1) is 35.7 Å². The van der Waals surface area contributed by atoms with Crippen molar-refractivity contribution in [2.24, 2.45) is 11.8 Å². The summed E-state index contributed by atoms with van der Waals surface area (Å²) in [6.07, 6.45) is 4.35. The number of carbonyl (C=O) groups excluding carboxylic acids is 4. The number of rotatable bonds is 9. The third-order valence-corrected chi connectivity index (χ3v) is 11.2. The molecule has 8 rings (SSSR count). The zero-order valence-electron chi connectivity index (χ0n) is 32.4. The van der Waals surface area contributed by atoms with E-state index in [0.717, 1.165) is 63.9 Å². The molecular weight excluding hydrogens is 715 g/mol. The van der Waals surface area contributed by atoms with Gasteiger partial charge in [-0.05, 0) is 73.2 Å². The molecular formula is C41H47N9O6. The molecule has 2 aliphatic rings. The number of likely N-dealkylation sites (tertiary alicyclic amines) is 2. The van der Waals surface area contributed by atoms with Crippen molar-refractivity contribution < 1.29 is 28.3 Å². The zero-order chi connectivity index (χ0) is 39.4. The lowest BCUT2D eigenvalue weighted by atomic mass is 10.0. The number of imidazole rings is 2. The van der Waals surface area contributed by atoms with E-state index < -0.39 is 18.2 Å². The van der Waals surface area contributed by atoms with Crippen LogP contribution in [0.3, 0.4) is 0 Å². The first-order chi connectivity index (χ1) is 26.9. The van der Waals surface area contributed by atoms with Crippen molar-refractivity contribution in [3.8, 4) is 11.5 Å². The van der Waals surface area contributed by atoms with Crippen LogP contribution >= 0.6 is 0 Å². The second-order valence-electron chi connectivity index (χ2n) is 15.6. The maximum atomic E-state index is 13.7. The molecule has 6 heterocycles. The first kappa shape index (κ1) is 37.0. The molecule has 4 atom stereocenters. The van der Waals surface area contributed by atoms with Crippen LogP contribution < -0.4 is 10.6 Å². The van der Waals surface area contributed by atoms with Crippen molar-refractivity contribution in [2.75, 3.05) is 20.2 Å². The van der Waals surface area contributed by atoms with E-state index in [1.807, 2.05) is 75.2 Å². The summed E-state index contributed by atoms with van der Waals surface area (Å²) >= 11 is 0. The fraction of sp³-hybridized carbons (Fsp3) is 0.439. The van der Waals surface area contributed by atoms with Gasteiger partial charge in [0.2, 0.25) is 17.7 Å². The van der Waals surface area contributed by atoms with Gasteiger partial charge < -0.3 is 39.6 Å². The van der Waals surface area contributed by atoms with Gasteiger partial charge in [0.15, 0.2) is 11.3 Å². The number of fused-ring (bicyclic) bond motifs is 6. The van der Waals surface area contributed by atoms with E-state index in [4.69, 9.17) is 24.1 Å². The van der Waals surface area contributed by atoms with Crippen molar-refractivity contribution in [1.82, 2.24) is 45.4 Å². The van der Waals surface area contributed by atoms with E-state index in [1.54, 1.807) is 4.90 Å². The zero-order valence-corrected chi connectivity index (χ0v) is 32.4. The summed E-state index contributed by atoms with van der Waals surface area (Å²) < 4.78 is 11.3. The number of amides is 4. The number of hydrogen-bond donors (Lipinski definition) is 4. The largest absolute Gasteiger partial charge is 0.453 e. The van der Waals surface area contributed by atoms with Crippen LogP contribution in [0.15, 0.2) is 47.0 Å². The van der Waals surface area contributed by atoms with Gasteiger partial charge in [0.1, 0.15) is 34.9 Å². The molecule has 56 heavy (non-hydrogen) atoms. The lowest BCUT2D eigenvalue weighted by Gasteiger charge is -2.30. The Hall–Kier alpha value is -5.99. The number of methoxy groups -OCH3 is 1. The summed E-state index contributed by atoms with van der Waals surface area (Å²) in [4.78, 5) is 76.5. The molecule has 2 fully saturated rings. The predicted molar refractivity (Wildman–Crippen MR) is 210 cm³/mol. The number of benzene rings is 2. The van der Waals surface area contributed by atoms with Gasteiger partial charge >= 0.3 is 6.09 Å². The molecule has 0 aliphatic carbocycles. The number of carbonyl (C=O) groups is 4. The minimum atomic E-state index is -0.714. The summed E-state index contributed by atoms with van der Waals surface area (Å²) in [5, 5.41) is 8.26. The number of furan rings is 1. The molecule has 292 valence electrons. The number of aromatic nitrogens is 5. The molecule has 15 heteroatoms. The molecule has 2 saturated heterocycles. The Kier molecular flexibility index (Phi) is 9.63. The summed E-state index contributed by atoms with van der Waals surface area (Å²) in [6.45, 7) is 10.3. The molecule has 0 unspecified atom stereocenters. The van der Waals surface area contributed by atoms with Crippen molar-refractivity contribution in [3.05, 3.63) is 54.2 Å². The smallest absolute Gasteiger partial charge is 0.407 e. The Bertz CT molecular complexity index is 2500. The maximum absolute atomic E-state index is 13.7. The number of nitrogens with zero attached hydrogens (tertiary/aromatic N) is 5. The average molecular weight is 762 g/mol. The van der Waals surface area contributed by atoms with E-state index in [1.165, 1.54) is 14.0 Å². The van der Waals surface area contributed by atoms with E-state index in [2.05, 4.69) is 20.6 Å². The molecule has 6 aromatic rings. The SMILES string of the molecule is COC(=O)N[C@H](C(=O)N1CCC[C@H]1c1nc2ccc3cc(-c4cc5ccc6nc([C@@H]7CCCN7C(=O)[C@@H](NC(C)=O)C(C)C)[nH]c6c5o4)ncc3c2[nH]1)C(C)C.